The Kier molecular flexibility index (Phi) is 4.79. The SMILES string of the molecule is CC(=O)Nc1cccc(OC(=O)COc2ccc3c(c2)CCC3)c1. The summed E-state index contributed by atoms with van der Waals surface area (Å²) in [5.74, 6) is 0.372. The monoisotopic (exact) mass is 325 g/mol. The zero-order chi connectivity index (χ0) is 16.9. The van der Waals surface area contributed by atoms with Gasteiger partial charge in [-0.25, -0.2) is 4.79 Å². The van der Waals surface area contributed by atoms with Crippen LogP contribution < -0.4 is 14.8 Å². The van der Waals surface area contributed by atoms with Crippen molar-refractivity contribution in [2.75, 3.05) is 11.9 Å². The molecule has 5 heteroatoms. The minimum Gasteiger partial charge on any atom is -0.482 e. The Bertz CT molecular complexity index is 770. The predicted octanol–water partition coefficient (Wildman–Crippen LogP) is 3.12. The molecule has 0 fully saturated rings. The highest BCUT2D eigenvalue weighted by atomic mass is 16.6. The van der Waals surface area contributed by atoms with Gasteiger partial charge in [0.15, 0.2) is 6.61 Å². The summed E-state index contributed by atoms with van der Waals surface area (Å²) >= 11 is 0. The number of fused-ring (bicyclic) bond motifs is 1. The lowest BCUT2D eigenvalue weighted by atomic mass is 10.1. The Hall–Kier alpha value is -2.82. The van der Waals surface area contributed by atoms with Gasteiger partial charge in [0.05, 0.1) is 0 Å². The molecule has 0 bridgehead atoms. The van der Waals surface area contributed by atoms with E-state index in [1.165, 1.54) is 24.5 Å². The van der Waals surface area contributed by atoms with Crippen molar-refractivity contribution >= 4 is 17.6 Å². The Morgan fingerprint density at radius 3 is 2.71 bits per heavy atom. The smallest absolute Gasteiger partial charge is 0.349 e. The van der Waals surface area contributed by atoms with Crippen LogP contribution in [0.4, 0.5) is 5.69 Å². The molecule has 2 aromatic rings. The van der Waals surface area contributed by atoms with Crippen LogP contribution in [0.2, 0.25) is 0 Å². The van der Waals surface area contributed by atoms with Crippen LogP contribution in [0.25, 0.3) is 0 Å². The van der Waals surface area contributed by atoms with E-state index < -0.39 is 5.97 Å². The lowest BCUT2D eigenvalue weighted by Gasteiger charge is -2.09. The van der Waals surface area contributed by atoms with Crippen molar-refractivity contribution in [3.05, 3.63) is 53.6 Å². The van der Waals surface area contributed by atoms with Gasteiger partial charge in [0, 0.05) is 18.7 Å². The van der Waals surface area contributed by atoms with Crippen LogP contribution in [-0.2, 0) is 22.4 Å². The number of anilines is 1. The molecule has 5 nitrogen and oxygen atoms in total. The van der Waals surface area contributed by atoms with Crippen LogP contribution >= 0.6 is 0 Å². The van der Waals surface area contributed by atoms with E-state index in [0.717, 1.165) is 12.8 Å². The summed E-state index contributed by atoms with van der Waals surface area (Å²) in [6, 6.07) is 12.6. The Morgan fingerprint density at radius 1 is 1.04 bits per heavy atom. The summed E-state index contributed by atoms with van der Waals surface area (Å²) in [6.07, 6.45) is 3.35. The van der Waals surface area contributed by atoms with Crippen LogP contribution in [0, 0.1) is 0 Å². The summed E-state index contributed by atoms with van der Waals surface area (Å²) in [6.45, 7) is 1.26. The average molecular weight is 325 g/mol. The predicted molar refractivity (Wildman–Crippen MR) is 90.3 cm³/mol. The van der Waals surface area contributed by atoms with E-state index in [1.807, 2.05) is 12.1 Å². The molecule has 0 saturated carbocycles. The highest BCUT2D eigenvalue weighted by Gasteiger charge is 2.12. The van der Waals surface area contributed by atoms with Crippen LogP contribution in [0.5, 0.6) is 11.5 Å². The molecule has 124 valence electrons. The fourth-order valence-electron chi connectivity index (χ4n) is 2.78. The Balaban J connectivity index is 1.55. The maximum absolute atomic E-state index is 11.9. The number of amides is 1. The van der Waals surface area contributed by atoms with Crippen molar-refractivity contribution < 1.29 is 19.1 Å². The van der Waals surface area contributed by atoms with E-state index in [9.17, 15) is 9.59 Å². The fourth-order valence-corrected chi connectivity index (χ4v) is 2.78. The van der Waals surface area contributed by atoms with Gasteiger partial charge in [-0.05, 0) is 54.7 Å². The van der Waals surface area contributed by atoms with E-state index in [2.05, 4.69) is 11.4 Å². The number of carbonyl (C=O) groups is 2. The number of nitrogens with one attached hydrogen (secondary N) is 1. The maximum atomic E-state index is 11.9. The first kappa shape index (κ1) is 16.1. The summed E-state index contributed by atoms with van der Waals surface area (Å²) in [7, 11) is 0. The highest BCUT2D eigenvalue weighted by molar-refractivity contribution is 5.89. The Morgan fingerprint density at radius 2 is 1.88 bits per heavy atom. The van der Waals surface area contributed by atoms with Gasteiger partial charge in [0.25, 0.3) is 0 Å². The zero-order valence-electron chi connectivity index (χ0n) is 13.5. The third-order valence-corrected chi connectivity index (χ3v) is 3.81. The molecule has 0 unspecified atom stereocenters. The standard InChI is InChI=1S/C19H19NO4/c1-13(21)20-16-6-3-7-18(11-16)24-19(22)12-23-17-9-8-14-4-2-5-15(14)10-17/h3,6-11H,2,4-5,12H2,1H3,(H,20,21). The van der Waals surface area contributed by atoms with E-state index >= 15 is 0 Å². The average Bonchev–Trinajstić information content (AvgIpc) is 3.00. The molecular weight excluding hydrogens is 306 g/mol. The normalized spacial score (nSPS) is 12.4. The van der Waals surface area contributed by atoms with Crippen molar-refractivity contribution in [2.24, 2.45) is 0 Å². The molecule has 0 radical (unpaired) electrons. The third kappa shape index (κ3) is 4.13. The van der Waals surface area contributed by atoms with Gasteiger partial charge >= 0.3 is 5.97 Å². The third-order valence-electron chi connectivity index (χ3n) is 3.81. The van der Waals surface area contributed by atoms with Gasteiger partial charge in [0.1, 0.15) is 11.5 Å². The molecule has 0 aliphatic heterocycles. The molecule has 0 saturated heterocycles. The first-order valence-corrected chi connectivity index (χ1v) is 7.93. The van der Waals surface area contributed by atoms with Gasteiger partial charge in [-0.1, -0.05) is 12.1 Å². The number of esters is 1. The maximum Gasteiger partial charge on any atom is 0.349 e. The molecule has 0 heterocycles. The van der Waals surface area contributed by atoms with Gasteiger partial charge in [-0.2, -0.15) is 0 Å². The number of hydrogen-bond donors (Lipinski definition) is 1. The molecule has 24 heavy (non-hydrogen) atoms. The van der Waals surface area contributed by atoms with Gasteiger partial charge in [-0.15, -0.1) is 0 Å². The van der Waals surface area contributed by atoms with Crippen molar-refractivity contribution in [3.8, 4) is 11.5 Å². The number of carbonyl (C=O) groups excluding carboxylic acids is 2. The molecule has 1 aliphatic carbocycles. The molecule has 2 aromatic carbocycles. The second-order valence-electron chi connectivity index (χ2n) is 5.76. The largest absolute Gasteiger partial charge is 0.482 e. The van der Waals surface area contributed by atoms with E-state index in [0.29, 0.717) is 17.2 Å². The zero-order valence-corrected chi connectivity index (χ0v) is 13.5. The van der Waals surface area contributed by atoms with Crippen molar-refractivity contribution in [1.29, 1.82) is 0 Å². The lowest BCUT2D eigenvalue weighted by molar-refractivity contribution is -0.136. The summed E-state index contributed by atoms with van der Waals surface area (Å²) in [5.41, 5.74) is 3.23. The van der Waals surface area contributed by atoms with Crippen LogP contribution in [0.15, 0.2) is 42.5 Å². The molecule has 1 amide bonds. The molecular formula is C19H19NO4. The van der Waals surface area contributed by atoms with Gasteiger partial charge in [-0.3, -0.25) is 4.79 Å². The van der Waals surface area contributed by atoms with Crippen molar-refractivity contribution in [1.82, 2.24) is 0 Å². The lowest BCUT2D eigenvalue weighted by Crippen LogP contribution is -2.18. The summed E-state index contributed by atoms with van der Waals surface area (Å²) in [4.78, 5) is 23.0. The van der Waals surface area contributed by atoms with Crippen LogP contribution in [0.1, 0.15) is 24.5 Å². The number of ether oxygens (including phenoxy) is 2. The number of benzene rings is 2. The van der Waals surface area contributed by atoms with E-state index in [4.69, 9.17) is 9.47 Å². The van der Waals surface area contributed by atoms with Gasteiger partial charge in [0.2, 0.25) is 5.91 Å². The number of aryl methyl sites for hydroxylation is 2. The first-order valence-electron chi connectivity index (χ1n) is 7.93. The topological polar surface area (TPSA) is 64.6 Å². The second kappa shape index (κ2) is 7.17. The molecule has 3 rings (SSSR count). The quantitative estimate of drug-likeness (QED) is 0.677. The van der Waals surface area contributed by atoms with Crippen molar-refractivity contribution in [3.63, 3.8) is 0 Å². The summed E-state index contributed by atoms with van der Waals surface area (Å²) < 4.78 is 10.8. The van der Waals surface area contributed by atoms with Crippen LogP contribution in [0.3, 0.4) is 0 Å². The number of hydrogen-bond acceptors (Lipinski definition) is 4. The first-order chi connectivity index (χ1) is 11.6. The molecule has 0 atom stereocenters. The molecule has 0 aromatic heterocycles. The van der Waals surface area contributed by atoms with E-state index in [1.54, 1.807) is 24.3 Å². The van der Waals surface area contributed by atoms with E-state index in [-0.39, 0.29) is 12.5 Å². The van der Waals surface area contributed by atoms with Gasteiger partial charge < -0.3 is 14.8 Å². The minimum atomic E-state index is -0.490. The molecule has 1 aliphatic rings. The minimum absolute atomic E-state index is 0.164. The number of rotatable bonds is 5. The van der Waals surface area contributed by atoms with Crippen LogP contribution in [-0.4, -0.2) is 18.5 Å². The fraction of sp³-hybridized carbons (Fsp3) is 0.263. The molecule has 1 N–H and O–H groups in total. The Labute approximate surface area is 140 Å². The highest BCUT2D eigenvalue weighted by Crippen LogP contribution is 2.26. The second-order valence-corrected chi connectivity index (χ2v) is 5.76. The summed E-state index contributed by atoms with van der Waals surface area (Å²) in [5, 5.41) is 2.64. The van der Waals surface area contributed by atoms with Crippen molar-refractivity contribution in [2.45, 2.75) is 26.2 Å². The molecule has 0 spiro atoms.